The van der Waals surface area contributed by atoms with Crippen LogP contribution in [0.1, 0.15) is 12.6 Å². The molecule has 1 aromatic carbocycles. The highest BCUT2D eigenvalue weighted by atomic mass is 32.2. The second-order valence-electron chi connectivity index (χ2n) is 6.85. The van der Waals surface area contributed by atoms with E-state index >= 15 is 0 Å². The van der Waals surface area contributed by atoms with Gasteiger partial charge in [-0.3, -0.25) is 18.6 Å². The number of nitrogens with zero attached hydrogens (tertiary/aromatic N) is 5. The van der Waals surface area contributed by atoms with E-state index in [2.05, 4.69) is 25.3 Å². The summed E-state index contributed by atoms with van der Waals surface area (Å²) in [6.07, 6.45) is 1.41. The quantitative estimate of drug-likeness (QED) is 0.393. The number of aromatic nitrogens is 4. The highest BCUT2D eigenvalue weighted by molar-refractivity contribution is 7.81. The molecule has 0 saturated carbocycles. The Labute approximate surface area is 198 Å². The van der Waals surface area contributed by atoms with E-state index in [-0.39, 0.29) is 23.4 Å². The number of anilines is 3. The van der Waals surface area contributed by atoms with Crippen LogP contribution in [0.3, 0.4) is 0 Å². The Kier molecular flexibility index (Phi) is 6.45. The lowest BCUT2D eigenvalue weighted by Crippen LogP contribution is -2.22. The molecule has 0 aliphatic heterocycles. The predicted molar refractivity (Wildman–Crippen MR) is 121 cm³/mol. The number of pyridine rings is 1. The van der Waals surface area contributed by atoms with Crippen LogP contribution in [0.2, 0.25) is 0 Å². The lowest BCUT2D eigenvalue weighted by atomic mass is 10.2. The molecule has 176 valence electrons. The van der Waals surface area contributed by atoms with Gasteiger partial charge in [0.05, 0.1) is 29.8 Å². The van der Waals surface area contributed by atoms with Gasteiger partial charge in [-0.05, 0) is 25.1 Å². The van der Waals surface area contributed by atoms with Crippen molar-refractivity contribution in [2.75, 3.05) is 16.7 Å². The molecular formula is C20H15F2N6O4S2-. The van der Waals surface area contributed by atoms with E-state index in [9.17, 15) is 22.3 Å². The first kappa shape index (κ1) is 23.5. The molecule has 0 fully saturated rings. The average molecular weight is 506 g/mol. The number of rotatable bonds is 6. The number of aryl methyl sites for hydroxylation is 1. The topological polar surface area (TPSA) is 133 Å². The lowest BCUT2D eigenvalue weighted by molar-refractivity contribution is -0.114. The number of thiazole rings is 1. The zero-order chi connectivity index (χ0) is 24.6. The smallest absolute Gasteiger partial charge is 0.238 e. The maximum atomic E-state index is 14.4. The van der Waals surface area contributed by atoms with Crippen molar-refractivity contribution in [2.45, 2.75) is 13.8 Å². The third-order valence-electron chi connectivity index (χ3n) is 4.49. The third kappa shape index (κ3) is 4.55. The molecule has 0 saturated heterocycles. The van der Waals surface area contributed by atoms with Crippen LogP contribution in [-0.4, -0.2) is 41.7 Å². The normalized spacial score (nSPS) is 11.9. The number of hydrogen-bond acceptors (Lipinski definition) is 9. The van der Waals surface area contributed by atoms with Crippen molar-refractivity contribution >= 4 is 56.2 Å². The summed E-state index contributed by atoms with van der Waals surface area (Å²) in [5, 5.41) is 2.93. The predicted octanol–water partition coefficient (Wildman–Crippen LogP) is 3.63. The summed E-state index contributed by atoms with van der Waals surface area (Å²) in [6.45, 7) is 3.04. The van der Waals surface area contributed by atoms with Gasteiger partial charge in [-0.2, -0.15) is 4.98 Å². The van der Waals surface area contributed by atoms with Crippen LogP contribution in [0.15, 0.2) is 30.5 Å². The summed E-state index contributed by atoms with van der Waals surface area (Å²) in [5.74, 6) is -2.26. The number of carbonyl (C=O) groups is 1. The van der Waals surface area contributed by atoms with Crippen molar-refractivity contribution in [2.24, 2.45) is 0 Å². The Morgan fingerprint density at radius 2 is 1.97 bits per heavy atom. The van der Waals surface area contributed by atoms with Gasteiger partial charge in [0.1, 0.15) is 26.9 Å². The van der Waals surface area contributed by atoms with Crippen LogP contribution in [0.5, 0.6) is 5.88 Å². The number of ether oxygens (including phenoxy) is 1. The van der Waals surface area contributed by atoms with E-state index in [4.69, 9.17) is 4.74 Å². The fourth-order valence-corrected chi connectivity index (χ4v) is 4.66. The van der Waals surface area contributed by atoms with Gasteiger partial charge in [0.15, 0.2) is 5.82 Å². The van der Waals surface area contributed by atoms with Crippen LogP contribution < -0.4 is 14.4 Å². The van der Waals surface area contributed by atoms with Crippen molar-refractivity contribution in [3.05, 3.63) is 47.8 Å². The van der Waals surface area contributed by atoms with E-state index in [1.54, 1.807) is 6.92 Å². The molecule has 10 nitrogen and oxygen atoms in total. The van der Waals surface area contributed by atoms with Crippen LogP contribution in [0.4, 0.5) is 26.1 Å². The van der Waals surface area contributed by atoms with Gasteiger partial charge in [-0.25, -0.2) is 23.7 Å². The van der Waals surface area contributed by atoms with E-state index < -0.39 is 28.6 Å². The minimum absolute atomic E-state index is 0.110. The number of nitrogens with one attached hydrogen (secondary N) is 1. The Morgan fingerprint density at radius 1 is 1.21 bits per heavy atom. The molecule has 0 aliphatic carbocycles. The van der Waals surface area contributed by atoms with E-state index in [0.717, 1.165) is 23.5 Å². The molecule has 1 N–H and O–H groups in total. The second kappa shape index (κ2) is 9.32. The summed E-state index contributed by atoms with van der Waals surface area (Å²) >= 11 is -1.85. The number of amides is 1. The Bertz CT molecular complexity index is 1450. The minimum Gasteiger partial charge on any atom is -0.755 e. The highest BCUT2D eigenvalue weighted by Crippen LogP contribution is 2.39. The molecule has 4 rings (SSSR count). The van der Waals surface area contributed by atoms with Crippen LogP contribution in [-0.2, 0) is 16.1 Å². The molecule has 0 spiro atoms. The molecule has 3 aromatic heterocycles. The number of fused-ring (bicyclic) bond motifs is 1. The van der Waals surface area contributed by atoms with Gasteiger partial charge in [-0.1, -0.05) is 11.3 Å². The summed E-state index contributed by atoms with van der Waals surface area (Å²) in [7, 11) is 1.28. The maximum absolute atomic E-state index is 14.4. The largest absolute Gasteiger partial charge is 0.755 e. The SMILES string of the molecule is COc1ncc(-c2nc3c(C)nc(NC(C)=O)nc3s2)cc1N(c1ccc(F)cc1F)S(=O)[O-]. The average Bonchev–Trinajstić information content (AvgIpc) is 3.19. The molecule has 0 bridgehead atoms. The van der Waals surface area contributed by atoms with Crippen LogP contribution in [0.25, 0.3) is 20.9 Å². The van der Waals surface area contributed by atoms with Gasteiger partial charge in [0, 0.05) is 24.8 Å². The summed E-state index contributed by atoms with van der Waals surface area (Å²) in [5.41, 5.74) is 0.865. The first-order chi connectivity index (χ1) is 16.2. The molecule has 0 aliphatic rings. The van der Waals surface area contributed by atoms with Crippen LogP contribution >= 0.6 is 11.3 Å². The van der Waals surface area contributed by atoms with Crippen molar-refractivity contribution < 1.29 is 27.1 Å². The van der Waals surface area contributed by atoms with Crippen LogP contribution in [0, 0.1) is 18.6 Å². The van der Waals surface area contributed by atoms with Gasteiger partial charge in [-0.15, -0.1) is 0 Å². The molecular weight excluding hydrogens is 490 g/mol. The van der Waals surface area contributed by atoms with Crippen molar-refractivity contribution in [3.8, 4) is 16.5 Å². The fraction of sp³-hybridized carbons (Fsp3) is 0.150. The molecule has 34 heavy (non-hydrogen) atoms. The Morgan fingerprint density at radius 3 is 2.62 bits per heavy atom. The number of hydrogen-bond donors (Lipinski definition) is 1. The molecule has 1 atom stereocenters. The van der Waals surface area contributed by atoms with Crippen molar-refractivity contribution in [1.82, 2.24) is 19.9 Å². The Balaban J connectivity index is 1.85. The van der Waals surface area contributed by atoms with Gasteiger partial charge < -0.3 is 9.29 Å². The monoisotopic (exact) mass is 505 g/mol. The third-order valence-corrected chi connectivity index (χ3v) is 6.18. The standard InChI is InChI=1S/C20H16F2N6O4S2/c1-9-16-19(27-20(24-9)25-10(2)29)33-18(26-16)11-6-15(17(32-3)23-8-11)28(34(30)31)14-5-4-12(21)7-13(14)22/h4-8H,1-3H3,(H,30,31)(H,24,25,27,29)/p-1. The van der Waals surface area contributed by atoms with E-state index in [1.807, 2.05) is 0 Å². The maximum Gasteiger partial charge on any atom is 0.238 e. The zero-order valence-corrected chi connectivity index (χ0v) is 19.5. The summed E-state index contributed by atoms with van der Waals surface area (Å²) in [6, 6.07) is 3.90. The zero-order valence-electron chi connectivity index (χ0n) is 17.8. The summed E-state index contributed by atoms with van der Waals surface area (Å²) < 4.78 is 57.8. The first-order valence-corrected chi connectivity index (χ1v) is 11.3. The number of carbonyl (C=O) groups excluding carboxylic acids is 1. The van der Waals surface area contributed by atoms with Crippen molar-refractivity contribution in [1.29, 1.82) is 0 Å². The number of methoxy groups -OCH3 is 1. The number of halogens is 2. The fourth-order valence-electron chi connectivity index (χ4n) is 3.09. The molecule has 14 heteroatoms. The molecule has 0 radical (unpaired) electrons. The van der Waals surface area contributed by atoms with E-state index in [0.29, 0.717) is 37.0 Å². The number of benzene rings is 1. The van der Waals surface area contributed by atoms with E-state index in [1.165, 1.54) is 26.3 Å². The van der Waals surface area contributed by atoms with Gasteiger partial charge >= 0.3 is 0 Å². The lowest BCUT2D eigenvalue weighted by Gasteiger charge is -2.27. The van der Waals surface area contributed by atoms with Gasteiger partial charge in [0.2, 0.25) is 17.7 Å². The Hall–Kier alpha value is -3.62. The molecule has 1 amide bonds. The second-order valence-corrected chi connectivity index (χ2v) is 8.62. The van der Waals surface area contributed by atoms with Gasteiger partial charge in [0.25, 0.3) is 0 Å². The van der Waals surface area contributed by atoms with Crippen molar-refractivity contribution in [3.63, 3.8) is 0 Å². The molecule has 1 unspecified atom stereocenters. The highest BCUT2D eigenvalue weighted by Gasteiger charge is 2.22. The molecule has 4 aromatic rings. The minimum atomic E-state index is -3.00. The first-order valence-electron chi connectivity index (χ1n) is 9.49. The molecule has 3 heterocycles. The summed E-state index contributed by atoms with van der Waals surface area (Å²) in [4.78, 5) is 29.0.